The normalized spacial score (nSPS) is 17.7. The van der Waals surface area contributed by atoms with E-state index in [9.17, 15) is 0 Å². The van der Waals surface area contributed by atoms with Gasteiger partial charge in [0, 0.05) is 52.0 Å². The molecule has 4 aliphatic heterocycles. The van der Waals surface area contributed by atoms with Gasteiger partial charge in [0.1, 0.15) is 33.5 Å². The third kappa shape index (κ3) is 13.8. The first kappa shape index (κ1) is 84.1. The molecule has 0 atom stereocenters. The molecule has 0 unspecified atom stereocenters. The van der Waals surface area contributed by atoms with Crippen LogP contribution >= 0.6 is 22.6 Å². The Morgan fingerprint density at radius 3 is 0.765 bits per heavy atom. The fraction of sp³-hybridized carbons (Fsp3) is 0.280. The van der Waals surface area contributed by atoms with E-state index in [-0.39, 0.29) is 74.5 Å². The van der Waals surface area contributed by atoms with Crippen molar-refractivity contribution < 1.29 is 50.5 Å². The van der Waals surface area contributed by atoms with Gasteiger partial charge in [0.05, 0.1) is 111 Å². The Balaban J connectivity index is 0.000000126. The summed E-state index contributed by atoms with van der Waals surface area (Å²) >= 11 is 2.38. The molecule has 0 N–H and O–H groups in total. The lowest BCUT2D eigenvalue weighted by Gasteiger charge is -2.32. The molecule has 0 saturated carbocycles. The van der Waals surface area contributed by atoms with E-state index < -0.39 is 28.3 Å². The average Bonchev–Trinajstić information content (AvgIpc) is 1.59. The largest absolute Gasteiger partial charge is 0.494 e. The van der Waals surface area contributed by atoms with Crippen LogP contribution in [0.1, 0.15) is 140 Å². The molecule has 0 bridgehead atoms. The lowest BCUT2D eigenvalue weighted by molar-refractivity contribution is 0.00578. The van der Waals surface area contributed by atoms with Gasteiger partial charge in [-0.15, -0.1) is 0 Å². The Labute approximate surface area is 712 Å². The number of nitrogens with zero attached hydrogens (tertiary/aromatic N) is 3. The second-order valence-corrected chi connectivity index (χ2v) is 36.2. The zero-order chi connectivity index (χ0) is 79.8. The fourth-order valence-corrected chi connectivity index (χ4v) is 17.3. The predicted octanol–water partition coefficient (Wildman–Crippen LogP) is 26.0. The van der Waals surface area contributed by atoms with Crippen molar-refractivity contribution in [1.82, 2.24) is 13.7 Å². The summed E-state index contributed by atoms with van der Waals surface area (Å²) in [6, 6.07) is 89.2. The molecule has 0 radical (unpaired) electrons. The van der Waals surface area contributed by atoms with Gasteiger partial charge < -0.3 is 64.2 Å². The Hall–Kier alpha value is -9.89. The minimum absolute atomic E-state index is 0. The van der Waals surface area contributed by atoms with E-state index >= 15 is 0 Å². The SMILES string of the molecule is C.C.C.C.CC1(C)OB(B2OC(C)(C)C(C)(C)O2)OC1(C)C.CC1(C)OB(c2ccc3c(c2)c2ccccc2n3-c2cccc3oc4ccccc4c23)OC1(C)C.CC1(C)OB(c2ccc3c(c2)c2ccccc2n3-c2cccc3oc4ccccc4c23)OC1(C)C.Ic1ccc2c(c1)c1ccccc1n2-c1cccc2oc3ccccc3c12. The fourth-order valence-electron chi connectivity index (χ4n) is 16.8. The lowest BCUT2D eigenvalue weighted by Crippen LogP contribution is -2.41. The van der Waals surface area contributed by atoms with Crippen molar-refractivity contribution in [2.24, 2.45) is 0 Å². The van der Waals surface area contributed by atoms with Gasteiger partial charge in [-0.25, -0.2) is 0 Å². The van der Waals surface area contributed by atoms with E-state index in [1.54, 1.807) is 0 Å². The summed E-state index contributed by atoms with van der Waals surface area (Å²) in [5.74, 6) is 0. The summed E-state index contributed by atoms with van der Waals surface area (Å²) in [7, 11) is -1.74. The topological polar surface area (TPSA) is 128 Å². The van der Waals surface area contributed by atoms with Crippen LogP contribution in [-0.2, 0) is 37.2 Å². The Morgan fingerprint density at radius 2 is 0.462 bits per heavy atom. The minimum atomic E-state index is -0.476. The van der Waals surface area contributed by atoms with E-state index in [1.165, 1.54) is 46.9 Å². The number of rotatable bonds is 6. The maximum Gasteiger partial charge on any atom is 0.494 e. The highest BCUT2D eigenvalue weighted by Crippen LogP contribution is 2.47. The number of fused-ring (bicyclic) bond motifs is 18. The van der Waals surface area contributed by atoms with E-state index in [0.29, 0.717) is 0 Å². The third-order valence-electron chi connectivity index (χ3n) is 25.7. The highest BCUT2D eigenvalue weighted by molar-refractivity contribution is 14.1. The van der Waals surface area contributed by atoms with Gasteiger partial charge in [-0.2, -0.15) is 0 Å². The molecule has 22 rings (SSSR count). The van der Waals surface area contributed by atoms with Gasteiger partial charge >= 0.3 is 28.3 Å². The number of benzene rings is 12. The van der Waals surface area contributed by atoms with Crippen LogP contribution in [0.3, 0.4) is 0 Å². The highest BCUT2D eigenvalue weighted by atomic mass is 127. The molecule has 4 fully saturated rings. The number of halogens is 1. The first-order chi connectivity index (χ1) is 54.9. The van der Waals surface area contributed by atoms with Crippen molar-refractivity contribution in [2.45, 2.75) is 185 Å². The monoisotopic (exact) mass is 1700 g/mol. The summed E-state index contributed by atoms with van der Waals surface area (Å²) in [5.41, 5.74) is 15.0. The van der Waals surface area contributed by atoms with E-state index in [0.717, 1.165) is 116 Å². The van der Waals surface area contributed by atoms with Crippen LogP contribution in [0.15, 0.2) is 268 Å². The molecule has 6 aromatic heterocycles. The van der Waals surface area contributed by atoms with Crippen molar-refractivity contribution in [3.05, 3.63) is 258 Å². The molecule has 19 heteroatoms. The summed E-state index contributed by atoms with van der Waals surface area (Å²) < 4.78 is 76.1. The van der Waals surface area contributed by atoms with Crippen LogP contribution in [0.25, 0.3) is 148 Å². The van der Waals surface area contributed by atoms with Crippen LogP contribution in [0.2, 0.25) is 0 Å². The van der Waals surface area contributed by atoms with Gasteiger partial charge in [0.25, 0.3) is 0 Å². The molecule has 0 spiro atoms. The molecule has 4 aliphatic rings. The number of furan rings is 3. The average molecular weight is 1700 g/mol. The zero-order valence-corrected chi connectivity index (χ0v) is 69.9. The first-order valence-electron chi connectivity index (χ1n) is 39.8. The lowest BCUT2D eigenvalue weighted by atomic mass is 9.49. The molecular weight excluding hydrogens is 1590 g/mol. The maximum atomic E-state index is 6.36. The summed E-state index contributed by atoms with van der Waals surface area (Å²) in [4.78, 5) is 0. The quantitative estimate of drug-likeness (QED) is 0.117. The van der Waals surface area contributed by atoms with Gasteiger partial charge in [-0.3, -0.25) is 0 Å². The van der Waals surface area contributed by atoms with Crippen molar-refractivity contribution in [3.8, 4) is 17.1 Å². The van der Waals surface area contributed by atoms with Crippen molar-refractivity contribution in [1.29, 1.82) is 0 Å². The molecule has 606 valence electrons. The summed E-state index contributed by atoms with van der Waals surface area (Å²) in [5, 5.41) is 14.1. The molecule has 4 saturated heterocycles. The molecule has 14 nitrogen and oxygen atoms in total. The van der Waals surface area contributed by atoms with E-state index in [1.807, 2.05) is 104 Å². The summed E-state index contributed by atoms with van der Waals surface area (Å²) in [6.45, 7) is 32.9. The Morgan fingerprint density at radius 1 is 0.227 bits per heavy atom. The molecule has 0 aliphatic carbocycles. The Kier molecular flexibility index (Phi) is 21.5. The van der Waals surface area contributed by atoms with Crippen LogP contribution in [-0.4, -0.2) is 86.8 Å². The second-order valence-electron chi connectivity index (χ2n) is 34.9. The summed E-state index contributed by atoms with van der Waals surface area (Å²) in [6.07, 6.45) is 0. The van der Waals surface area contributed by atoms with Crippen LogP contribution in [0.4, 0.5) is 0 Å². The zero-order valence-electron chi connectivity index (χ0n) is 67.8. The molecule has 10 heterocycles. The second kappa shape index (κ2) is 30.4. The molecular formula is C100H106B4IN3O11. The maximum absolute atomic E-state index is 6.36. The smallest absolute Gasteiger partial charge is 0.456 e. The predicted molar refractivity (Wildman–Crippen MR) is 507 cm³/mol. The number of para-hydroxylation sites is 6. The van der Waals surface area contributed by atoms with Crippen LogP contribution in [0, 0.1) is 3.57 Å². The number of hydrogen-bond donors (Lipinski definition) is 0. The molecule has 18 aromatic rings. The van der Waals surface area contributed by atoms with Gasteiger partial charge in [0.15, 0.2) is 0 Å². The Bertz CT molecular complexity index is 6570. The highest BCUT2D eigenvalue weighted by Gasteiger charge is 2.64. The van der Waals surface area contributed by atoms with Crippen molar-refractivity contribution in [2.75, 3.05) is 0 Å². The van der Waals surface area contributed by atoms with E-state index in [4.69, 9.17) is 50.5 Å². The van der Waals surface area contributed by atoms with Gasteiger partial charge in [0.2, 0.25) is 0 Å². The molecule has 12 aromatic carbocycles. The first-order valence-corrected chi connectivity index (χ1v) is 40.8. The number of aromatic nitrogens is 3. The van der Waals surface area contributed by atoms with Crippen molar-refractivity contribution >= 4 is 193 Å². The molecule has 119 heavy (non-hydrogen) atoms. The van der Waals surface area contributed by atoms with Crippen LogP contribution in [0.5, 0.6) is 0 Å². The molecule has 0 amide bonds. The van der Waals surface area contributed by atoms with E-state index in [2.05, 4.69) is 298 Å². The minimum Gasteiger partial charge on any atom is -0.456 e. The standard InChI is InChI=1S/2C30H26BNO3.C24H14INO.C12H24B2O4.4CH4/c2*1-29(2)30(3,4)35-31(34-29)19-16-17-24-22(18-19)20-10-5-7-12-23(20)32(24)25-13-9-15-27-28(25)21-11-6-8-14-26(21)33-27;25-15-12-13-20-18(14-15)16-6-1-3-8-19(16)26(20)21-9-5-11-23-24(21)17-7-2-4-10-22(17)27-23;1-9(2)10(3,4)16-13(15-9)14-17-11(5,6)12(7,8)18-14;;;;/h2*5-18H,1-4H3;1-14H;1-8H3;4*1H4. The van der Waals surface area contributed by atoms with Gasteiger partial charge in [-0.1, -0.05) is 181 Å². The van der Waals surface area contributed by atoms with Crippen LogP contribution < -0.4 is 10.9 Å². The third-order valence-corrected chi connectivity index (χ3v) is 26.4. The number of hydrogen-bond acceptors (Lipinski definition) is 11. The van der Waals surface area contributed by atoms with Gasteiger partial charge in [-0.05, 0) is 247 Å². The van der Waals surface area contributed by atoms with Crippen molar-refractivity contribution in [3.63, 3.8) is 0 Å².